The molecule has 2 aliphatic heterocycles. The monoisotopic (exact) mass is 349 g/mol. The van der Waals surface area contributed by atoms with E-state index in [1.165, 1.54) is 0 Å². The highest BCUT2D eigenvalue weighted by Gasteiger charge is 2.27. The third-order valence-corrected chi connectivity index (χ3v) is 4.83. The van der Waals surface area contributed by atoms with Crippen LogP contribution in [0.4, 0.5) is 0 Å². The third-order valence-electron chi connectivity index (χ3n) is 4.83. The minimum absolute atomic E-state index is 0.00900. The Kier molecular flexibility index (Phi) is 5.54. The maximum atomic E-state index is 12.4. The number of nitrogens with zero attached hydrogens (tertiary/aromatic N) is 3. The Morgan fingerprint density at radius 2 is 1.96 bits per heavy atom. The van der Waals surface area contributed by atoms with Gasteiger partial charge in [0.15, 0.2) is 5.82 Å². The Balaban J connectivity index is 1.57. The molecule has 2 unspecified atom stereocenters. The number of carbonyl (C=O) groups excluding carboxylic acids is 1. The first-order valence-corrected chi connectivity index (χ1v) is 8.96. The summed E-state index contributed by atoms with van der Waals surface area (Å²) in [5.74, 6) is 0.877. The number of allylic oxidation sites excluding steroid dienone is 1. The molecule has 2 aliphatic rings. The van der Waals surface area contributed by atoms with Crippen LogP contribution in [0.5, 0.6) is 0 Å². The molecule has 0 spiro atoms. The number of amides is 1. The van der Waals surface area contributed by atoms with Crippen molar-refractivity contribution in [3.05, 3.63) is 17.8 Å². The van der Waals surface area contributed by atoms with Crippen LogP contribution in [0.3, 0.4) is 0 Å². The molecular formula is C18H27N3O4. The van der Waals surface area contributed by atoms with E-state index in [-0.39, 0.29) is 30.0 Å². The molecule has 0 radical (unpaired) electrons. The highest BCUT2D eigenvalue weighted by molar-refractivity contribution is 5.78. The maximum absolute atomic E-state index is 12.4. The van der Waals surface area contributed by atoms with Crippen LogP contribution in [0, 0.1) is 5.41 Å². The molecule has 2 atom stereocenters. The number of carbonyl (C=O) groups is 1. The first kappa shape index (κ1) is 18.1. The van der Waals surface area contributed by atoms with Crippen LogP contribution in [-0.2, 0) is 20.7 Å². The fourth-order valence-electron chi connectivity index (χ4n) is 3.31. The SMILES string of the molecule is CC1CN(C(=O)Cc2noc(C=CC3(C)CCOCC3)n2)CC(C)O1. The van der Waals surface area contributed by atoms with Gasteiger partial charge < -0.3 is 18.9 Å². The highest BCUT2D eigenvalue weighted by atomic mass is 16.5. The van der Waals surface area contributed by atoms with E-state index < -0.39 is 0 Å². The smallest absolute Gasteiger partial charge is 0.250 e. The van der Waals surface area contributed by atoms with Crippen molar-refractivity contribution in [2.24, 2.45) is 5.41 Å². The second-order valence-corrected chi connectivity index (χ2v) is 7.38. The van der Waals surface area contributed by atoms with Crippen LogP contribution in [0.25, 0.3) is 6.08 Å². The quantitative estimate of drug-likeness (QED) is 0.828. The fraction of sp³-hybridized carbons (Fsp3) is 0.722. The average Bonchev–Trinajstić information content (AvgIpc) is 3.00. The Hall–Kier alpha value is -1.73. The van der Waals surface area contributed by atoms with Gasteiger partial charge in [-0.3, -0.25) is 4.79 Å². The molecule has 1 amide bonds. The van der Waals surface area contributed by atoms with E-state index in [0.717, 1.165) is 26.1 Å². The Labute approximate surface area is 148 Å². The zero-order valence-electron chi connectivity index (χ0n) is 15.2. The summed E-state index contributed by atoms with van der Waals surface area (Å²) in [6.45, 7) is 8.92. The van der Waals surface area contributed by atoms with E-state index in [4.69, 9.17) is 14.0 Å². The lowest BCUT2D eigenvalue weighted by molar-refractivity contribution is -0.142. The predicted octanol–water partition coefficient (Wildman–Crippen LogP) is 2.08. The zero-order valence-corrected chi connectivity index (χ0v) is 15.2. The van der Waals surface area contributed by atoms with Gasteiger partial charge in [-0.1, -0.05) is 18.2 Å². The molecule has 1 aromatic heterocycles. The van der Waals surface area contributed by atoms with Crippen molar-refractivity contribution in [1.82, 2.24) is 15.0 Å². The number of hydrogen-bond acceptors (Lipinski definition) is 6. The van der Waals surface area contributed by atoms with E-state index >= 15 is 0 Å². The molecule has 3 heterocycles. The van der Waals surface area contributed by atoms with E-state index in [1.807, 2.05) is 24.8 Å². The van der Waals surface area contributed by atoms with Crippen molar-refractivity contribution in [1.29, 1.82) is 0 Å². The largest absolute Gasteiger partial charge is 0.381 e. The Bertz CT molecular complexity index is 612. The van der Waals surface area contributed by atoms with E-state index in [9.17, 15) is 4.79 Å². The van der Waals surface area contributed by atoms with Crippen LogP contribution in [-0.4, -0.2) is 59.5 Å². The normalized spacial score (nSPS) is 26.9. The Morgan fingerprint density at radius 3 is 2.64 bits per heavy atom. The molecule has 2 saturated heterocycles. The first-order chi connectivity index (χ1) is 11.9. The van der Waals surface area contributed by atoms with Gasteiger partial charge in [-0.15, -0.1) is 0 Å². The molecule has 2 fully saturated rings. The first-order valence-electron chi connectivity index (χ1n) is 8.96. The summed E-state index contributed by atoms with van der Waals surface area (Å²) in [5, 5.41) is 3.93. The van der Waals surface area contributed by atoms with Crippen molar-refractivity contribution in [2.45, 2.75) is 52.2 Å². The number of ether oxygens (including phenoxy) is 2. The lowest BCUT2D eigenvalue weighted by atomic mass is 9.82. The van der Waals surface area contributed by atoms with Gasteiger partial charge in [-0.25, -0.2) is 0 Å². The molecule has 1 aromatic rings. The number of aromatic nitrogens is 2. The average molecular weight is 349 g/mol. The summed E-state index contributed by atoms with van der Waals surface area (Å²) >= 11 is 0. The molecule has 0 saturated carbocycles. The van der Waals surface area contributed by atoms with E-state index in [0.29, 0.717) is 24.8 Å². The van der Waals surface area contributed by atoms with Crippen molar-refractivity contribution in [3.8, 4) is 0 Å². The van der Waals surface area contributed by atoms with Gasteiger partial charge >= 0.3 is 0 Å². The standard InChI is InChI=1S/C18H27N3O4/c1-13-11-21(12-14(2)24-13)17(22)10-15-19-16(25-20-15)4-5-18(3)6-8-23-9-7-18/h4-5,13-14H,6-12H2,1-3H3. The minimum atomic E-state index is 0.00900. The molecule has 7 heteroatoms. The van der Waals surface area contributed by atoms with Crippen molar-refractivity contribution < 1.29 is 18.8 Å². The molecule has 0 aromatic carbocycles. The summed E-state index contributed by atoms with van der Waals surface area (Å²) in [4.78, 5) is 18.6. The summed E-state index contributed by atoms with van der Waals surface area (Å²) in [7, 11) is 0. The molecule has 7 nitrogen and oxygen atoms in total. The molecular weight excluding hydrogens is 322 g/mol. The van der Waals surface area contributed by atoms with Gasteiger partial charge in [0.25, 0.3) is 0 Å². The van der Waals surface area contributed by atoms with E-state index in [2.05, 4.69) is 23.1 Å². The topological polar surface area (TPSA) is 77.7 Å². The molecule has 3 rings (SSSR count). The summed E-state index contributed by atoms with van der Waals surface area (Å²) in [5.41, 5.74) is 0.1000. The number of morpholine rings is 1. The van der Waals surface area contributed by atoms with Crippen molar-refractivity contribution in [3.63, 3.8) is 0 Å². The zero-order chi connectivity index (χ0) is 17.9. The van der Waals surface area contributed by atoms with Gasteiger partial charge in [-0.2, -0.15) is 4.98 Å². The minimum Gasteiger partial charge on any atom is -0.381 e. The van der Waals surface area contributed by atoms with Crippen LogP contribution in [0.2, 0.25) is 0 Å². The second-order valence-electron chi connectivity index (χ2n) is 7.38. The van der Waals surface area contributed by atoms with Gasteiger partial charge in [0.1, 0.15) is 0 Å². The van der Waals surface area contributed by atoms with Gasteiger partial charge in [0.05, 0.1) is 18.6 Å². The van der Waals surface area contributed by atoms with Crippen LogP contribution < -0.4 is 0 Å². The molecule has 138 valence electrons. The van der Waals surface area contributed by atoms with Crippen molar-refractivity contribution >= 4 is 12.0 Å². The van der Waals surface area contributed by atoms with Gasteiger partial charge in [-0.05, 0) is 38.2 Å². The molecule has 25 heavy (non-hydrogen) atoms. The maximum Gasteiger partial charge on any atom is 0.250 e. The predicted molar refractivity (Wildman–Crippen MR) is 91.8 cm³/mol. The number of hydrogen-bond donors (Lipinski definition) is 0. The second kappa shape index (κ2) is 7.66. The Morgan fingerprint density at radius 1 is 1.28 bits per heavy atom. The highest BCUT2D eigenvalue weighted by Crippen LogP contribution is 2.31. The molecule has 0 bridgehead atoms. The molecule has 0 N–H and O–H groups in total. The van der Waals surface area contributed by atoms with Gasteiger partial charge in [0, 0.05) is 26.3 Å². The lowest BCUT2D eigenvalue weighted by Crippen LogP contribution is -2.48. The fourth-order valence-corrected chi connectivity index (χ4v) is 3.31. The van der Waals surface area contributed by atoms with Crippen LogP contribution >= 0.6 is 0 Å². The number of rotatable bonds is 4. The van der Waals surface area contributed by atoms with E-state index in [1.54, 1.807) is 0 Å². The third kappa shape index (κ3) is 4.89. The van der Waals surface area contributed by atoms with Crippen LogP contribution in [0.15, 0.2) is 10.6 Å². The lowest BCUT2D eigenvalue weighted by Gasteiger charge is -2.35. The van der Waals surface area contributed by atoms with Crippen LogP contribution in [0.1, 0.15) is 45.3 Å². The summed E-state index contributed by atoms with van der Waals surface area (Å²) < 4.78 is 16.3. The van der Waals surface area contributed by atoms with Gasteiger partial charge in [0.2, 0.25) is 11.8 Å². The van der Waals surface area contributed by atoms with Crippen molar-refractivity contribution in [2.75, 3.05) is 26.3 Å². The summed E-state index contributed by atoms with van der Waals surface area (Å²) in [6.07, 6.45) is 6.19. The molecule has 0 aliphatic carbocycles. The summed E-state index contributed by atoms with van der Waals surface area (Å²) in [6, 6.07) is 0.